The number of carbonyl (C=O) groups is 2. The number of ether oxygens (including phenoxy) is 2. The predicted molar refractivity (Wildman–Crippen MR) is 111 cm³/mol. The van der Waals surface area contributed by atoms with Crippen LogP contribution in [0.25, 0.3) is 11.1 Å². The molecule has 0 aliphatic heterocycles. The van der Waals surface area contributed by atoms with Gasteiger partial charge >= 0.3 is 12.1 Å². The highest BCUT2D eigenvalue weighted by atomic mass is 19.1. The van der Waals surface area contributed by atoms with Gasteiger partial charge in [-0.15, -0.1) is 0 Å². The summed E-state index contributed by atoms with van der Waals surface area (Å²) in [6, 6.07) is 6.57. The third-order valence-electron chi connectivity index (χ3n) is 5.40. The van der Waals surface area contributed by atoms with Gasteiger partial charge in [-0.05, 0) is 67.3 Å². The summed E-state index contributed by atoms with van der Waals surface area (Å²) in [5.41, 5.74) is -0.136. The SMILES string of the molecule is O=C(O)COCC1CCC(COC(=O)Nc2cccc(F)c2-c2cc(F)cc(F)c2)CC1. The van der Waals surface area contributed by atoms with Gasteiger partial charge < -0.3 is 14.6 Å². The maximum atomic E-state index is 14.4. The maximum absolute atomic E-state index is 14.4. The Kier molecular flexibility index (Phi) is 8.10. The molecule has 0 aromatic heterocycles. The first-order valence-electron chi connectivity index (χ1n) is 10.3. The van der Waals surface area contributed by atoms with Gasteiger partial charge in [-0.25, -0.2) is 22.8 Å². The molecule has 2 N–H and O–H groups in total. The van der Waals surface area contributed by atoms with Gasteiger partial charge in [0.15, 0.2) is 0 Å². The Morgan fingerprint density at radius 1 is 0.969 bits per heavy atom. The smallest absolute Gasteiger partial charge is 0.411 e. The number of anilines is 1. The molecule has 1 amide bonds. The zero-order chi connectivity index (χ0) is 23.1. The number of carbonyl (C=O) groups excluding carboxylic acids is 1. The van der Waals surface area contributed by atoms with Crippen molar-refractivity contribution in [3.05, 3.63) is 53.8 Å². The Morgan fingerprint density at radius 2 is 1.59 bits per heavy atom. The van der Waals surface area contributed by atoms with Crippen LogP contribution in [0.5, 0.6) is 0 Å². The first kappa shape index (κ1) is 23.6. The lowest BCUT2D eigenvalue weighted by molar-refractivity contribution is -0.142. The van der Waals surface area contributed by atoms with E-state index in [4.69, 9.17) is 14.6 Å². The van der Waals surface area contributed by atoms with Gasteiger partial charge in [0.05, 0.1) is 18.9 Å². The van der Waals surface area contributed by atoms with Crippen LogP contribution in [0, 0.1) is 29.3 Å². The van der Waals surface area contributed by atoms with Crippen molar-refractivity contribution in [2.24, 2.45) is 11.8 Å². The molecule has 0 spiro atoms. The zero-order valence-corrected chi connectivity index (χ0v) is 17.3. The van der Waals surface area contributed by atoms with Crippen molar-refractivity contribution in [3.63, 3.8) is 0 Å². The van der Waals surface area contributed by atoms with Crippen LogP contribution in [-0.4, -0.2) is 37.0 Å². The molecule has 1 saturated carbocycles. The Bertz CT molecular complexity index is 940. The zero-order valence-electron chi connectivity index (χ0n) is 17.3. The van der Waals surface area contributed by atoms with Crippen molar-refractivity contribution in [1.29, 1.82) is 0 Å². The average molecular weight is 451 g/mol. The molecule has 0 bridgehead atoms. The second kappa shape index (κ2) is 11.0. The lowest BCUT2D eigenvalue weighted by Gasteiger charge is -2.27. The topological polar surface area (TPSA) is 84.9 Å². The Morgan fingerprint density at radius 3 is 2.22 bits per heavy atom. The van der Waals surface area contributed by atoms with Crippen LogP contribution in [0.1, 0.15) is 25.7 Å². The first-order valence-corrected chi connectivity index (χ1v) is 10.3. The monoisotopic (exact) mass is 451 g/mol. The van der Waals surface area contributed by atoms with E-state index >= 15 is 0 Å². The fraction of sp³-hybridized carbons (Fsp3) is 0.391. The normalized spacial score (nSPS) is 18.2. The van der Waals surface area contributed by atoms with Crippen LogP contribution < -0.4 is 5.32 Å². The molecule has 0 radical (unpaired) electrons. The molecule has 172 valence electrons. The van der Waals surface area contributed by atoms with Gasteiger partial charge in [-0.2, -0.15) is 0 Å². The third kappa shape index (κ3) is 6.71. The van der Waals surface area contributed by atoms with Gasteiger partial charge in [0.1, 0.15) is 24.1 Å². The lowest BCUT2D eigenvalue weighted by Crippen LogP contribution is -2.25. The summed E-state index contributed by atoms with van der Waals surface area (Å²) in [6.07, 6.45) is 2.51. The summed E-state index contributed by atoms with van der Waals surface area (Å²) in [7, 11) is 0. The number of halogens is 3. The number of carboxylic acid groups (broad SMARTS) is 1. The molecule has 0 atom stereocenters. The molecular weight excluding hydrogens is 427 g/mol. The van der Waals surface area contributed by atoms with E-state index in [2.05, 4.69) is 5.32 Å². The summed E-state index contributed by atoms with van der Waals surface area (Å²) in [5.74, 6) is -3.03. The number of aliphatic carboxylic acids is 1. The van der Waals surface area contributed by atoms with E-state index in [1.807, 2.05) is 0 Å². The highest BCUT2D eigenvalue weighted by Gasteiger charge is 2.23. The van der Waals surface area contributed by atoms with Crippen molar-refractivity contribution < 1.29 is 37.3 Å². The fourth-order valence-electron chi connectivity index (χ4n) is 3.84. The van der Waals surface area contributed by atoms with Crippen LogP contribution in [-0.2, 0) is 14.3 Å². The van der Waals surface area contributed by atoms with Crippen molar-refractivity contribution in [2.45, 2.75) is 25.7 Å². The van der Waals surface area contributed by atoms with E-state index in [1.165, 1.54) is 12.1 Å². The van der Waals surface area contributed by atoms with E-state index in [0.29, 0.717) is 12.7 Å². The molecule has 1 fully saturated rings. The number of hydrogen-bond acceptors (Lipinski definition) is 4. The molecule has 9 heteroatoms. The number of benzene rings is 2. The van der Waals surface area contributed by atoms with Crippen molar-refractivity contribution in [1.82, 2.24) is 0 Å². The maximum Gasteiger partial charge on any atom is 0.411 e. The summed E-state index contributed by atoms with van der Waals surface area (Å²) < 4.78 is 52.0. The highest BCUT2D eigenvalue weighted by Crippen LogP contribution is 2.32. The molecule has 0 heterocycles. The van der Waals surface area contributed by atoms with E-state index < -0.39 is 29.5 Å². The van der Waals surface area contributed by atoms with Crippen LogP contribution in [0.15, 0.2) is 36.4 Å². The van der Waals surface area contributed by atoms with Crippen molar-refractivity contribution in [3.8, 4) is 11.1 Å². The molecule has 0 saturated heterocycles. The number of nitrogens with one attached hydrogen (secondary N) is 1. The van der Waals surface area contributed by atoms with Crippen LogP contribution in [0.3, 0.4) is 0 Å². The fourth-order valence-corrected chi connectivity index (χ4v) is 3.84. The molecular formula is C23H24F3NO5. The lowest BCUT2D eigenvalue weighted by atomic mass is 9.83. The van der Waals surface area contributed by atoms with Crippen LogP contribution in [0.4, 0.5) is 23.7 Å². The molecule has 1 aliphatic carbocycles. The van der Waals surface area contributed by atoms with Gasteiger partial charge in [-0.1, -0.05) is 6.07 Å². The molecule has 0 unspecified atom stereocenters. The minimum atomic E-state index is -0.998. The van der Waals surface area contributed by atoms with Gasteiger partial charge in [0.2, 0.25) is 0 Å². The second-order valence-electron chi connectivity index (χ2n) is 7.84. The van der Waals surface area contributed by atoms with Crippen molar-refractivity contribution >= 4 is 17.7 Å². The van der Waals surface area contributed by atoms with Crippen LogP contribution in [0.2, 0.25) is 0 Å². The largest absolute Gasteiger partial charge is 0.480 e. The minimum absolute atomic E-state index is 0.0410. The van der Waals surface area contributed by atoms with E-state index in [0.717, 1.165) is 43.9 Å². The molecule has 32 heavy (non-hydrogen) atoms. The summed E-state index contributed by atoms with van der Waals surface area (Å²) in [6.45, 7) is 0.255. The summed E-state index contributed by atoms with van der Waals surface area (Å²) in [5, 5.41) is 11.1. The Labute approximate surface area is 183 Å². The van der Waals surface area contributed by atoms with Gasteiger partial charge in [-0.3, -0.25) is 5.32 Å². The van der Waals surface area contributed by atoms with Crippen molar-refractivity contribution in [2.75, 3.05) is 25.1 Å². The summed E-state index contributed by atoms with van der Waals surface area (Å²) >= 11 is 0. The Balaban J connectivity index is 1.53. The number of amides is 1. The molecule has 2 aromatic rings. The highest BCUT2D eigenvalue weighted by molar-refractivity contribution is 5.91. The molecule has 3 rings (SSSR count). The number of hydrogen-bond donors (Lipinski definition) is 2. The van der Waals surface area contributed by atoms with E-state index in [9.17, 15) is 22.8 Å². The Hall–Kier alpha value is -3.07. The van der Waals surface area contributed by atoms with Gasteiger partial charge in [0.25, 0.3) is 0 Å². The minimum Gasteiger partial charge on any atom is -0.480 e. The number of rotatable bonds is 8. The molecule has 1 aliphatic rings. The predicted octanol–water partition coefficient (Wildman–Crippen LogP) is 5.23. The molecule has 2 aromatic carbocycles. The second-order valence-corrected chi connectivity index (χ2v) is 7.84. The number of carboxylic acids is 1. The third-order valence-corrected chi connectivity index (χ3v) is 5.40. The van der Waals surface area contributed by atoms with Gasteiger partial charge in [0, 0.05) is 11.6 Å². The summed E-state index contributed by atoms with van der Waals surface area (Å²) in [4.78, 5) is 22.8. The quantitative estimate of drug-likeness (QED) is 0.574. The molecule has 6 nitrogen and oxygen atoms in total. The average Bonchev–Trinajstić information content (AvgIpc) is 2.72. The van der Waals surface area contributed by atoms with E-state index in [-0.39, 0.29) is 41.9 Å². The first-order chi connectivity index (χ1) is 15.3. The van der Waals surface area contributed by atoms with Crippen LogP contribution >= 0.6 is 0 Å². The standard InChI is InChI=1S/C23H24F3NO5/c24-17-8-16(9-18(25)10-17)22-19(26)2-1-3-20(22)27-23(30)32-12-15-6-4-14(5-7-15)11-31-13-21(28)29/h1-3,8-10,14-15H,4-7,11-13H2,(H,27,30)(H,28,29). The van der Waals surface area contributed by atoms with E-state index in [1.54, 1.807) is 0 Å².